The van der Waals surface area contributed by atoms with E-state index in [1.165, 1.54) is 36.5 Å². The average Bonchev–Trinajstić information content (AvgIpc) is 3.01. The van der Waals surface area contributed by atoms with Gasteiger partial charge in [0.25, 0.3) is 5.91 Å². The van der Waals surface area contributed by atoms with E-state index in [-0.39, 0.29) is 17.3 Å². The molecule has 0 bridgehead atoms. The fourth-order valence-electron chi connectivity index (χ4n) is 2.33. The first-order valence-corrected chi connectivity index (χ1v) is 9.22. The minimum Gasteiger partial charge on any atom is -0.321 e. The largest absolute Gasteiger partial charge is 0.321 e. The van der Waals surface area contributed by atoms with Crippen LogP contribution in [0.5, 0.6) is 0 Å². The summed E-state index contributed by atoms with van der Waals surface area (Å²) in [6.07, 6.45) is 2.96. The molecule has 3 rings (SSSR count). The van der Waals surface area contributed by atoms with Crippen molar-refractivity contribution in [3.63, 3.8) is 0 Å². The Hall–Kier alpha value is -3.04. The summed E-state index contributed by atoms with van der Waals surface area (Å²) in [4.78, 5) is 16.6. The number of hydrogen-bond donors (Lipinski definition) is 3. The van der Waals surface area contributed by atoms with E-state index in [0.29, 0.717) is 16.9 Å². The van der Waals surface area contributed by atoms with Gasteiger partial charge in [0.05, 0.1) is 16.8 Å². The molecule has 3 aromatic rings. The molecule has 9 heteroatoms. The summed E-state index contributed by atoms with van der Waals surface area (Å²) in [7, 11) is -3.62. The molecule has 0 atom stereocenters. The Morgan fingerprint density at radius 2 is 2.04 bits per heavy atom. The Labute approximate surface area is 150 Å². The van der Waals surface area contributed by atoms with E-state index in [0.717, 1.165) is 11.1 Å². The molecule has 0 saturated carbocycles. The molecule has 2 aromatic heterocycles. The van der Waals surface area contributed by atoms with Crippen molar-refractivity contribution in [2.24, 2.45) is 0 Å². The summed E-state index contributed by atoms with van der Waals surface area (Å²) in [5, 5.41) is 10.4. The molecule has 0 fully saturated rings. The van der Waals surface area contributed by atoms with E-state index in [2.05, 4.69) is 31.8 Å². The number of H-pyrrole nitrogens is 1. The van der Waals surface area contributed by atoms with Crippen LogP contribution in [0, 0.1) is 6.92 Å². The third-order valence-corrected chi connectivity index (χ3v) is 5.14. The fourth-order valence-corrected chi connectivity index (χ4v) is 3.33. The van der Waals surface area contributed by atoms with Gasteiger partial charge < -0.3 is 5.32 Å². The molecular formula is C17H17N5O3S. The van der Waals surface area contributed by atoms with Gasteiger partial charge in [0, 0.05) is 23.2 Å². The number of fused-ring (bicyclic) bond motifs is 1. The highest BCUT2D eigenvalue weighted by molar-refractivity contribution is 7.89. The number of aryl methyl sites for hydroxylation is 1. The van der Waals surface area contributed by atoms with Gasteiger partial charge >= 0.3 is 0 Å². The first-order chi connectivity index (χ1) is 12.4. The van der Waals surface area contributed by atoms with Crippen LogP contribution in [0.15, 0.2) is 54.1 Å². The molecule has 0 saturated heterocycles. The van der Waals surface area contributed by atoms with Crippen LogP contribution in [0.1, 0.15) is 16.1 Å². The number of nitrogens with zero attached hydrogens (tertiary/aromatic N) is 2. The van der Waals surface area contributed by atoms with Crippen molar-refractivity contribution in [3.05, 3.63) is 60.4 Å². The molecule has 8 nitrogen and oxygen atoms in total. The van der Waals surface area contributed by atoms with Crippen LogP contribution in [0.3, 0.4) is 0 Å². The number of anilines is 1. The molecule has 0 radical (unpaired) electrons. The number of pyridine rings is 1. The lowest BCUT2D eigenvalue weighted by Crippen LogP contribution is -2.23. The van der Waals surface area contributed by atoms with E-state index < -0.39 is 10.0 Å². The number of carbonyl (C=O) groups excluding carboxylic acids is 1. The highest BCUT2D eigenvalue weighted by Crippen LogP contribution is 2.18. The van der Waals surface area contributed by atoms with Crippen LogP contribution in [0.25, 0.3) is 11.0 Å². The Kier molecular flexibility index (Phi) is 4.83. The van der Waals surface area contributed by atoms with E-state index in [1.54, 1.807) is 6.07 Å². The van der Waals surface area contributed by atoms with Gasteiger partial charge in [0.2, 0.25) is 10.0 Å². The number of sulfonamides is 1. The number of hydrogen-bond acceptors (Lipinski definition) is 5. The summed E-state index contributed by atoms with van der Waals surface area (Å²) < 4.78 is 26.4. The SMILES string of the molecule is C=CCNS(=O)(=O)c1ccc(C(=O)Nc2cnc3n[nH]c(C)c3c2)cc1. The third kappa shape index (κ3) is 3.63. The second-order valence-corrected chi connectivity index (χ2v) is 7.33. The highest BCUT2D eigenvalue weighted by Gasteiger charge is 2.14. The Bertz CT molecular complexity index is 1070. The zero-order valence-electron chi connectivity index (χ0n) is 14.0. The second kappa shape index (κ2) is 7.06. The third-order valence-electron chi connectivity index (χ3n) is 3.70. The second-order valence-electron chi connectivity index (χ2n) is 5.56. The van der Waals surface area contributed by atoms with Gasteiger partial charge in [-0.3, -0.25) is 9.89 Å². The van der Waals surface area contributed by atoms with Crippen molar-refractivity contribution in [1.29, 1.82) is 0 Å². The number of nitrogens with one attached hydrogen (secondary N) is 3. The van der Waals surface area contributed by atoms with Crippen LogP contribution in [0.4, 0.5) is 5.69 Å². The highest BCUT2D eigenvalue weighted by atomic mass is 32.2. The number of carbonyl (C=O) groups is 1. The number of amides is 1. The zero-order valence-corrected chi connectivity index (χ0v) is 14.8. The maximum Gasteiger partial charge on any atom is 0.255 e. The summed E-state index contributed by atoms with van der Waals surface area (Å²) in [6.45, 7) is 5.46. The minimum absolute atomic E-state index is 0.0769. The predicted molar refractivity (Wildman–Crippen MR) is 98.4 cm³/mol. The van der Waals surface area contributed by atoms with Gasteiger partial charge in [-0.15, -0.1) is 6.58 Å². The van der Waals surface area contributed by atoms with Gasteiger partial charge in [-0.05, 0) is 37.3 Å². The molecule has 1 aromatic carbocycles. The minimum atomic E-state index is -3.62. The van der Waals surface area contributed by atoms with Crippen molar-refractivity contribution in [2.75, 3.05) is 11.9 Å². The van der Waals surface area contributed by atoms with Gasteiger partial charge in [0.1, 0.15) is 0 Å². The van der Waals surface area contributed by atoms with Crippen molar-refractivity contribution in [3.8, 4) is 0 Å². The zero-order chi connectivity index (χ0) is 18.7. The summed E-state index contributed by atoms with van der Waals surface area (Å²) in [5.41, 5.74) is 2.28. The van der Waals surface area contributed by atoms with Gasteiger partial charge in [-0.2, -0.15) is 5.10 Å². The van der Waals surface area contributed by atoms with Crippen molar-refractivity contribution >= 4 is 32.7 Å². The first kappa shape index (κ1) is 17.8. The number of rotatable bonds is 6. The van der Waals surface area contributed by atoms with Crippen LogP contribution >= 0.6 is 0 Å². The van der Waals surface area contributed by atoms with Crippen molar-refractivity contribution in [1.82, 2.24) is 19.9 Å². The van der Waals surface area contributed by atoms with E-state index in [4.69, 9.17) is 0 Å². The maximum absolute atomic E-state index is 12.4. The molecule has 0 spiro atoms. The molecule has 1 amide bonds. The summed E-state index contributed by atoms with van der Waals surface area (Å²) in [6, 6.07) is 7.43. The summed E-state index contributed by atoms with van der Waals surface area (Å²) in [5.74, 6) is -0.365. The van der Waals surface area contributed by atoms with Gasteiger partial charge in [0.15, 0.2) is 5.65 Å². The monoisotopic (exact) mass is 371 g/mol. The summed E-state index contributed by atoms with van der Waals surface area (Å²) >= 11 is 0. The van der Waals surface area contributed by atoms with Crippen LogP contribution in [-0.4, -0.2) is 36.1 Å². The maximum atomic E-state index is 12.4. The normalized spacial score (nSPS) is 11.4. The smallest absolute Gasteiger partial charge is 0.255 e. The van der Waals surface area contributed by atoms with E-state index >= 15 is 0 Å². The van der Waals surface area contributed by atoms with Crippen LogP contribution in [-0.2, 0) is 10.0 Å². The molecule has 2 heterocycles. The van der Waals surface area contributed by atoms with Crippen molar-refractivity contribution < 1.29 is 13.2 Å². The van der Waals surface area contributed by atoms with E-state index in [1.807, 2.05) is 6.92 Å². The Morgan fingerprint density at radius 1 is 1.31 bits per heavy atom. The molecule has 134 valence electrons. The molecule has 3 N–H and O–H groups in total. The number of aromatic amines is 1. The number of aromatic nitrogens is 3. The Balaban J connectivity index is 1.77. The van der Waals surface area contributed by atoms with Crippen LogP contribution in [0.2, 0.25) is 0 Å². The molecule has 0 unspecified atom stereocenters. The first-order valence-electron chi connectivity index (χ1n) is 7.73. The lowest BCUT2D eigenvalue weighted by molar-refractivity contribution is 0.102. The number of benzene rings is 1. The van der Waals surface area contributed by atoms with Gasteiger partial charge in [-0.25, -0.2) is 18.1 Å². The standard InChI is InChI=1S/C17H17N5O3S/c1-3-8-19-26(24,25)14-6-4-12(5-7-14)17(23)20-13-9-15-11(2)21-22-16(15)18-10-13/h3-7,9-10,19H,1,8H2,2H3,(H,20,23)(H,18,21,22). The molecular weight excluding hydrogens is 354 g/mol. The predicted octanol–water partition coefficient (Wildman–Crippen LogP) is 1.98. The average molecular weight is 371 g/mol. The molecule has 0 aliphatic heterocycles. The quantitative estimate of drug-likeness (QED) is 0.573. The van der Waals surface area contributed by atoms with Crippen LogP contribution < -0.4 is 10.0 Å². The molecule has 26 heavy (non-hydrogen) atoms. The van der Waals surface area contributed by atoms with Gasteiger partial charge in [-0.1, -0.05) is 6.08 Å². The molecule has 0 aliphatic rings. The topological polar surface area (TPSA) is 117 Å². The lowest BCUT2D eigenvalue weighted by Gasteiger charge is -2.07. The Morgan fingerprint density at radius 3 is 2.73 bits per heavy atom. The lowest BCUT2D eigenvalue weighted by atomic mass is 10.2. The van der Waals surface area contributed by atoms with E-state index in [9.17, 15) is 13.2 Å². The fraction of sp³-hybridized carbons (Fsp3) is 0.118. The molecule has 0 aliphatic carbocycles. The van der Waals surface area contributed by atoms with Crippen molar-refractivity contribution in [2.45, 2.75) is 11.8 Å².